The van der Waals surface area contributed by atoms with Gasteiger partial charge in [-0.1, -0.05) is 47.5 Å². The van der Waals surface area contributed by atoms with Gasteiger partial charge >= 0.3 is 0 Å². The number of amides is 1. The molecule has 0 spiro atoms. The van der Waals surface area contributed by atoms with E-state index in [4.69, 9.17) is 16.0 Å². The minimum absolute atomic E-state index is 0.174. The van der Waals surface area contributed by atoms with Crippen molar-refractivity contribution in [3.63, 3.8) is 0 Å². The van der Waals surface area contributed by atoms with E-state index >= 15 is 0 Å². The van der Waals surface area contributed by atoms with Crippen molar-refractivity contribution in [3.05, 3.63) is 100 Å². The van der Waals surface area contributed by atoms with Crippen molar-refractivity contribution in [2.45, 2.75) is 13.0 Å². The molecule has 1 aliphatic heterocycles. The van der Waals surface area contributed by atoms with E-state index < -0.39 is 0 Å². The van der Waals surface area contributed by atoms with Gasteiger partial charge in [0.2, 0.25) is 0 Å². The fourth-order valence-corrected chi connectivity index (χ4v) is 3.16. The van der Waals surface area contributed by atoms with Crippen molar-refractivity contribution in [1.82, 2.24) is 10.4 Å². The highest BCUT2D eigenvalue weighted by Crippen LogP contribution is 2.32. The van der Waals surface area contributed by atoms with Crippen molar-refractivity contribution in [2.75, 3.05) is 0 Å². The number of nitrogens with one attached hydrogen (secondary N) is 1. The molecule has 0 radical (unpaired) electrons. The van der Waals surface area contributed by atoms with Crippen LogP contribution in [0.5, 0.6) is 0 Å². The molecule has 0 bridgehead atoms. The average molecular weight is 365 g/mol. The first kappa shape index (κ1) is 16.5. The topological polar surface area (TPSA) is 45.5 Å². The Labute approximate surface area is 156 Å². The van der Waals surface area contributed by atoms with Crippen molar-refractivity contribution >= 4 is 23.2 Å². The molecule has 1 N–H and O–H groups in total. The van der Waals surface area contributed by atoms with Crippen LogP contribution >= 0.6 is 11.6 Å². The second-order valence-corrected chi connectivity index (χ2v) is 6.64. The predicted octanol–water partition coefficient (Wildman–Crippen LogP) is 4.98. The standard InChI is InChI=1S/C21H17ClN2O2/c1-14-7-9-15(10-8-14)18-13-19(20-6-3-11-26-20)24(23-18)21(25)16-4-2-5-17(22)12-16/h2-13,19,23H,1H3. The third-order valence-corrected chi connectivity index (χ3v) is 4.57. The quantitative estimate of drug-likeness (QED) is 0.712. The Kier molecular flexibility index (Phi) is 4.27. The lowest BCUT2D eigenvalue weighted by Gasteiger charge is -2.24. The molecule has 0 saturated carbocycles. The Morgan fingerprint density at radius 3 is 2.62 bits per heavy atom. The van der Waals surface area contributed by atoms with E-state index in [1.54, 1.807) is 35.5 Å². The molecule has 1 unspecified atom stereocenters. The van der Waals surface area contributed by atoms with Crippen LogP contribution in [0.25, 0.3) is 5.70 Å². The first-order valence-electron chi connectivity index (χ1n) is 8.30. The zero-order valence-electron chi connectivity index (χ0n) is 14.1. The Morgan fingerprint density at radius 2 is 1.92 bits per heavy atom. The van der Waals surface area contributed by atoms with Gasteiger partial charge in [0.05, 0.1) is 12.0 Å². The van der Waals surface area contributed by atoms with Gasteiger partial charge in [-0.05, 0) is 48.9 Å². The van der Waals surface area contributed by atoms with E-state index in [1.807, 2.05) is 49.4 Å². The highest BCUT2D eigenvalue weighted by Gasteiger charge is 2.33. The third-order valence-electron chi connectivity index (χ3n) is 4.33. The first-order chi connectivity index (χ1) is 12.6. The van der Waals surface area contributed by atoms with E-state index in [9.17, 15) is 4.79 Å². The second kappa shape index (κ2) is 6.73. The fourth-order valence-electron chi connectivity index (χ4n) is 2.97. The number of hydrogen-bond donors (Lipinski definition) is 1. The molecule has 0 saturated heterocycles. The molecule has 4 rings (SSSR count). The summed E-state index contributed by atoms with van der Waals surface area (Å²) in [5.74, 6) is 0.516. The van der Waals surface area contributed by atoms with E-state index in [1.165, 1.54) is 5.56 Å². The molecule has 1 aliphatic rings. The number of hydrazine groups is 1. The number of hydrogen-bond acceptors (Lipinski definition) is 3. The van der Waals surface area contributed by atoms with Gasteiger partial charge in [-0.25, -0.2) is 5.01 Å². The monoisotopic (exact) mass is 364 g/mol. The maximum atomic E-state index is 13.1. The summed E-state index contributed by atoms with van der Waals surface area (Å²) in [6, 6.07) is 18.4. The third kappa shape index (κ3) is 3.11. The Hall–Kier alpha value is -2.98. The van der Waals surface area contributed by atoms with Gasteiger partial charge in [0.15, 0.2) is 0 Å². The number of aryl methyl sites for hydroxylation is 1. The molecule has 1 atom stereocenters. The molecule has 2 aromatic carbocycles. The number of carbonyl (C=O) groups excluding carboxylic acids is 1. The molecule has 1 amide bonds. The molecule has 5 heteroatoms. The van der Waals surface area contributed by atoms with Gasteiger partial charge < -0.3 is 4.42 Å². The summed E-state index contributed by atoms with van der Waals surface area (Å²) in [5.41, 5.74) is 6.79. The molecule has 0 fully saturated rings. The summed E-state index contributed by atoms with van der Waals surface area (Å²) < 4.78 is 5.56. The lowest BCUT2D eigenvalue weighted by atomic mass is 10.1. The minimum Gasteiger partial charge on any atom is -0.467 e. The summed E-state index contributed by atoms with van der Waals surface area (Å²) in [7, 11) is 0. The fraction of sp³-hybridized carbons (Fsp3) is 0.0952. The summed E-state index contributed by atoms with van der Waals surface area (Å²) in [4.78, 5) is 13.1. The molecule has 4 nitrogen and oxygen atoms in total. The van der Waals surface area contributed by atoms with Crippen LogP contribution in [0.3, 0.4) is 0 Å². The smallest absolute Gasteiger partial charge is 0.273 e. The number of furan rings is 1. The zero-order chi connectivity index (χ0) is 18.1. The van der Waals surface area contributed by atoms with Crippen LogP contribution in [-0.4, -0.2) is 10.9 Å². The minimum atomic E-state index is -0.340. The van der Waals surface area contributed by atoms with Crippen LogP contribution in [0.1, 0.15) is 33.3 Å². The predicted molar refractivity (Wildman–Crippen MR) is 101 cm³/mol. The molecular weight excluding hydrogens is 348 g/mol. The van der Waals surface area contributed by atoms with Gasteiger partial charge in [-0.2, -0.15) is 0 Å². The SMILES string of the molecule is Cc1ccc(C2=CC(c3ccco3)N(C(=O)c3cccc(Cl)c3)N2)cc1. The summed E-state index contributed by atoms with van der Waals surface area (Å²) in [6.07, 6.45) is 3.60. The van der Waals surface area contributed by atoms with Gasteiger partial charge in [0, 0.05) is 10.6 Å². The summed E-state index contributed by atoms with van der Waals surface area (Å²) >= 11 is 6.05. The second-order valence-electron chi connectivity index (χ2n) is 6.20. The number of carbonyl (C=O) groups is 1. The highest BCUT2D eigenvalue weighted by molar-refractivity contribution is 6.30. The number of halogens is 1. The normalized spacial score (nSPS) is 16.3. The van der Waals surface area contributed by atoms with Crippen LogP contribution in [0.4, 0.5) is 0 Å². The molecule has 1 aromatic heterocycles. The number of nitrogens with zero attached hydrogens (tertiary/aromatic N) is 1. The van der Waals surface area contributed by atoms with Crippen molar-refractivity contribution in [1.29, 1.82) is 0 Å². The lowest BCUT2D eigenvalue weighted by Crippen LogP contribution is -2.39. The summed E-state index contributed by atoms with van der Waals surface area (Å²) in [6.45, 7) is 2.04. The Balaban J connectivity index is 1.70. The van der Waals surface area contributed by atoms with Crippen LogP contribution < -0.4 is 5.43 Å². The Bertz CT molecular complexity index is 962. The Morgan fingerprint density at radius 1 is 1.12 bits per heavy atom. The van der Waals surface area contributed by atoms with Crippen molar-refractivity contribution in [3.8, 4) is 0 Å². The first-order valence-corrected chi connectivity index (χ1v) is 8.68. The van der Waals surface area contributed by atoms with Gasteiger partial charge in [-0.3, -0.25) is 10.2 Å². The number of rotatable bonds is 3. The lowest BCUT2D eigenvalue weighted by molar-refractivity contribution is 0.0655. The van der Waals surface area contributed by atoms with E-state index in [0.717, 1.165) is 11.3 Å². The van der Waals surface area contributed by atoms with Crippen LogP contribution in [0.15, 0.2) is 77.4 Å². The van der Waals surface area contributed by atoms with E-state index in [2.05, 4.69) is 5.43 Å². The molecular formula is C21H17ClN2O2. The van der Waals surface area contributed by atoms with Crippen LogP contribution in [0.2, 0.25) is 5.02 Å². The van der Waals surface area contributed by atoms with E-state index in [-0.39, 0.29) is 11.9 Å². The van der Waals surface area contributed by atoms with Crippen LogP contribution in [0, 0.1) is 6.92 Å². The average Bonchev–Trinajstić information content (AvgIpc) is 3.31. The zero-order valence-corrected chi connectivity index (χ0v) is 14.9. The van der Waals surface area contributed by atoms with E-state index in [0.29, 0.717) is 16.3 Å². The maximum absolute atomic E-state index is 13.1. The van der Waals surface area contributed by atoms with Crippen molar-refractivity contribution in [2.24, 2.45) is 0 Å². The van der Waals surface area contributed by atoms with Gasteiger partial charge in [-0.15, -0.1) is 0 Å². The van der Waals surface area contributed by atoms with Crippen LogP contribution in [-0.2, 0) is 0 Å². The van der Waals surface area contributed by atoms with Crippen molar-refractivity contribution < 1.29 is 9.21 Å². The molecule has 3 aromatic rings. The molecule has 0 aliphatic carbocycles. The molecule has 130 valence electrons. The van der Waals surface area contributed by atoms with Gasteiger partial charge in [0.1, 0.15) is 11.8 Å². The molecule has 2 heterocycles. The molecule has 26 heavy (non-hydrogen) atoms. The largest absolute Gasteiger partial charge is 0.467 e. The number of benzene rings is 2. The summed E-state index contributed by atoms with van der Waals surface area (Å²) in [5, 5.41) is 2.09. The highest BCUT2D eigenvalue weighted by atomic mass is 35.5. The maximum Gasteiger partial charge on any atom is 0.273 e. The van der Waals surface area contributed by atoms with Gasteiger partial charge in [0.25, 0.3) is 5.91 Å².